The molecule has 0 radical (unpaired) electrons. The summed E-state index contributed by atoms with van der Waals surface area (Å²) in [7, 11) is 2.12. The zero-order valence-electron chi connectivity index (χ0n) is 10.8. The van der Waals surface area contributed by atoms with E-state index >= 15 is 0 Å². The van der Waals surface area contributed by atoms with Crippen molar-refractivity contribution in [3.63, 3.8) is 0 Å². The van der Waals surface area contributed by atoms with Gasteiger partial charge in [-0.2, -0.15) is 0 Å². The topological polar surface area (TPSA) is 29.9 Å². The molecule has 3 rings (SSSR count). The van der Waals surface area contributed by atoms with Crippen molar-refractivity contribution in [2.75, 3.05) is 13.1 Å². The molecule has 96 valence electrons. The Balaban J connectivity index is 2.14. The van der Waals surface area contributed by atoms with E-state index < -0.39 is 0 Å². The van der Waals surface area contributed by atoms with Crippen LogP contribution in [0.3, 0.4) is 0 Å². The molecule has 1 aromatic heterocycles. The van der Waals surface area contributed by atoms with E-state index in [2.05, 4.69) is 58.0 Å². The quantitative estimate of drug-likeness (QED) is 0.878. The van der Waals surface area contributed by atoms with Gasteiger partial charge in [0.2, 0.25) is 0 Å². The van der Waals surface area contributed by atoms with Crippen LogP contribution in [0.5, 0.6) is 0 Å². The Labute approximate surface area is 116 Å². The van der Waals surface area contributed by atoms with Crippen molar-refractivity contribution in [1.82, 2.24) is 14.9 Å². The van der Waals surface area contributed by atoms with Crippen LogP contribution in [-0.2, 0) is 12.5 Å². The highest BCUT2D eigenvalue weighted by Crippen LogP contribution is 2.32. The molecule has 1 fully saturated rings. The SMILES string of the molecule is Cn1c(C2(C)CCCNC2)nc2cc(Br)ccc21. The summed E-state index contributed by atoms with van der Waals surface area (Å²) in [5.74, 6) is 1.20. The second-order valence-corrected chi connectivity index (χ2v) is 6.38. The summed E-state index contributed by atoms with van der Waals surface area (Å²) in [6, 6.07) is 6.31. The van der Waals surface area contributed by atoms with Crippen LogP contribution < -0.4 is 5.32 Å². The first-order valence-corrected chi connectivity index (χ1v) is 7.23. The maximum Gasteiger partial charge on any atom is 0.116 e. The lowest BCUT2D eigenvalue weighted by Crippen LogP contribution is -2.42. The number of aryl methyl sites for hydroxylation is 1. The van der Waals surface area contributed by atoms with Crippen LogP contribution in [0.15, 0.2) is 22.7 Å². The van der Waals surface area contributed by atoms with Gasteiger partial charge in [0.25, 0.3) is 0 Å². The molecule has 0 saturated carbocycles. The van der Waals surface area contributed by atoms with Gasteiger partial charge in [0.15, 0.2) is 0 Å². The molecule has 1 atom stereocenters. The molecule has 2 aromatic rings. The van der Waals surface area contributed by atoms with Crippen LogP contribution in [-0.4, -0.2) is 22.6 Å². The van der Waals surface area contributed by atoms with E-state index in [-0.39, 0.29) is 5.41 Å². The summed E-state index contributed by atoms with van der Waals surface area (Å²) in [6.07, 6.45) is 2.43. The number of nitrogens with zero attached hydrogens (tertiary/aromatic N) is 2. The molecule has 3 nitrogen and oxygen atoms in total. The van der Waals surface area contributed by atoms with Gasteiger partial charge in [-0.25, -0.2) is 4.98 Å². The van der Waals surface area contributed by atoms with Crippen molar-refractivity contribution in [2.24, 2.45) is 7.05 Å². The van der Waals surface area contributed by atoms with Crippen molar-refractivity contribution in [3.05, 3.63) is 28.5 Å². The average molecular weight is 308 g/mol. The second kappa shape index (κ2) is 4.35. The van der Waals surface area contributed by atoms with Gasteiger partial charge in [0.05, 0.1) is 11.0 Å². The molecule has 1 aromatic carbocycles. The summed E-state index contributed by atoms with van der Waals surface area (Å²) in [6.45, 7) is 4.46. The Kier molecular flexibility index (Phi) is 2.94. The molecular weight excluding hydrogens is 290 g/mol. The fourth-order valence-electron chi connectivity index (χ4n) is 2.96. The maximum atomic E-state index is 4.86. The lowest BCUT2D eigenvalue weighted by Gasteiger charge is -2.33. The summed E-state index contributed by atoms with van der Waals surface area (Å²) >= 11 is 3.51. The highest BCUT2D eigenvalue weighted by molar-refractivity contribution is 9.10. The van der Waals surface area contributed by atoms with Crippen LogP contribution in [0, 0.1) is 0 Å². The lowest BCUT2D eigenvalue weighted by atomic mass is 9.82. The summed E-state index contributed by atoms with van der Waals surface area (Å²) in [4.78, 5) is 4.86. The van der Waals surface area contributed by atoms with Crippen molar-refractivity contribution in [2.45, 2.75) is 25.2 Å². The largest absolute Gasteiger partial charge is 0.331 e. The lowest BCUT2D eigenvalue weighted by molar-refractivity contribution is 0.318. The van der Waals surface area contributed by atoms with Crippen molar-refractivity contribution >= 4 is 27.0 Å². The van der Waals surface area contributed by atoms with Gasteiger partial charge in [-0.3, -0.25) is 0 Å². The Morgan fingerprint density at radius 2 is 2.28 bits per heavy atom. The number of benzene rings is 1. The molecule has 0 bridgehead atoms. The highest BCUT2D eigenvalue weighted by Gasteiger charge is 2.33. The number of rotatable bonds is 1. The van der Waals surface area contributed by atoms with Gasteiger partial charge in [-0.05, 0) is 37.6 Å². The number of hydrogen-bond acceptors (Lipinski definition) is 2. The zero-order chi connectivity index (χ0) is 12.8. The molecule has 1 N–H and O–H groups in total. The molecular formula is C14H18BrN3. The van der Waals surface area contributed by atoms with Crippen LogP contribution in [0.25, 0.3) is 11.0 Å². The van der Waals surface area contributed by atoms with Gasteiger partial charge < -0.3 is 9.88 Å². The number of hydrogen-bond donors (Lipinski definition) is 1. The van der Waals surface area contributed by atoms with Gasteiger partial charge in [-0.15, -0.1) is 0 Å². The molecule has 1 aliphatic rings. The normalized spacial score (nSPS) is 24.6. The van der Waals surface area contributed by atoms with E-state index in [4.69, 9.17) is 4.98 Å². The molecule has 18 heavy (non-hydrogen) atoms. The Bertz CT molecular complexity index is 582. The third-order valence-corrected chi connectivity index (χ3v) is 4.47. The number of imidazole rings is 1. The van der Waals surface area contributed by atoms with E-state index in [0.29, 0.717) is 0 Å². The first-order valence-electron chi connectivity index (χ1n) is 6.43. The molecule has 2 heterocycles. The fraction of sp³-hybridized carbons (Fsp3) is 0.500. The van der Waals surface area contributed by atoms with Crippen molar-refractivity contribution in [3.8, 4) is 0 Å². The number of piperidine rings is 1. The van der Waals surface area contributed by atoms with E-state index in [1.165, 1.54) is 24.2 Å². The molecule has 0 amide bonds. The molecule has 1 unspecified atom stereocenters. The number of halogens is 1. The van der Waals surface area contributed by atoms with Crippen LogP contribution in [0.2, 0.25) is 0 Å². The minimum atomic E-state index is 0.151. The fourth-order valence-corrected chi connectivity index (χ4v) is 3.31. The molecule has 1 saturated heterocycles. The van der Waals surface area contributed by atoms with E-state index in [9.17, 15) is 0 Å². The number of fused-ring (bicyclic) bond motifs is 1. The predicted octanol–water partition coefficient (Wildman–Crippen LogP) is 2.98. The zero-order valence-corrected chi connectivity index (χ0v) is 12.4. The Morgan fingerprint density at radius 1 is 1.44 bits per heavy atom. The Morgan fingerprint density at radius 3 is 3.00 bits per heavy atom. The summed E-state index contributed by atoms with van der Waals surface area (Å²) in [5.41, 5.74) is 2.44. The number of aromatic nitrogens is 2. The van der Waals surface area contributed by atoms with Crippen LogP contribution >= 0.6 is 15.9 Å². The van der Waals surface area contributed by atoms with E-state index in [1.54, 1.807) is 0 Å². The maximum absolute atomic E-state index is 4.86. The van der Waals surface area contributed by atoms with E-state index in [1.807, 2.05) is 0 Å². The highest BCUT2D eigenvalue weighted by atomic mass is 79.9. The van der Waals surface area contributed by atoms with Crippen molar-refractivity contribution < 1.29 is 0 Å². The summed E-state index contributed by atoms with van der Waals surface area (Å²) < 4.78 is 3.33. The molecule has 4 heteroatoms. The molecule has 0 aliphatic carbocycles. The average Bonchev–Trinajstić information content (AvgIpc) is 2.68. The van der Waals surface area contributed by atoms with Gasteiger partial charge >= 0.3 is 0 Å². The third-order valence-electron chi connectivity index (χ3n) is 3.98. The second-order valence-electron chi connectivity index (χ2n) is 5.47. The van der Waals surface area contributed by atoms with Gasteiger partial charge in [-0.1, -0.05) is 22.9 Å². The monoisotopic (exact) mass is 307 g/mol. The number of nitrogens with one attached hydrogen (secondary N) is 1. The smallest absolute Gasteiger partial charge is 0.116 e. The van der Waals surface area contributed by atoms with Gasteiger partial charge in [0, 0.05) is 23.5 Å². The third kappa shape index (κ3) is 1.88. The van der Waals surface area contributed by atoms with Crippen LogP contribution in [0.1, 0.15) is 25.6 Å². The van der Waals surface area contributed by atoms with Crippen molar-refractivity contribution in [1.29, 1.82) is 0 Å². The minimum Gasteiger partial charge on any atom is -0.331 e. The van der Waals surface area contributed by atoms with Crippen LogP contribution in [0.4, 0.5) is 0 Å². The minimum absolute atomic E-state index is 0.151. The Hall–Kier alpha value is -0.870. The summed E-state index contributed by atoms with van der Waals surface area (Å²) in [5, 5.41) is 3.49. The van der Waals surface area contributed by atoms with E-state index in [0.717, 1.165) is 23.1 Å². The standard InChI is InChI=1S/C14H18BrN3/c1-14(6-3-7-16-9-14)13-17-11-8-10(15)4-5-12(11)18(13)2/h4-5,8,16H,3,6-7,9H2,1-2H3. The first kappa shape index (κ1) is 12.2. The first-order chi connectivity index (χ1) is 8.60. The predicted molar refractivity (Wildman–Crippen MR) is 77.9 cm³/mol. The molecule has 0 spiro atoms. The van der Waals surface area contributed by atoms with Gasteiger partial charge in [0.1, 0.15) is 5.82 Å². The molecule has 1 aliphatic heterocycles.